The molecule has 2 rings (SSSR count). The molecule has 124 valence electrons. The highest BCUT2D eigenvalue weighted by molar-refractivity contribution is 5.68. The Bertz CT molecular complexity index is 516. The van der Waals surface area contributed by atoms with Crippen LogP contribution in [0.1, 0.15) is 24.2 Å². The van der Waals surface area contributed by atoms with Crippen LogP contribution in [0.15, 0.2) is 60.7 Å². The smallest absolute Gasteiger partial charge is 0.329 e. The highest BCUT2D eigenvalue weighted by Gasteiger charge is 2.15. The van der Waals surface area contributed by atoms with Crippen LogP contribution >= 0.6 is 0 Å². The van der Waals surface area contributed by atoms with E-state index in [9.17, 15) is 4.79 Å². The van der Waals surface area contributed by atoms with Gasteiger partial charge in [-0.2, -0.15) is 0 Å². The Labute approximate surface area is 138 Å². The lowest BCUT2D eigenvalue weighted by Crippen LogP contribution is -2.13. The molecule has 0 fully saturated rings. The van der Waals surface area contributed by atoms with E-state index in [1.54, 1.807) is 0 Å². The van der Waals surface area contributed by atoms with Crippen molar-refractivity contribution in [3.05, 3.63) is 71.8 Å². The van der Waals surface area contributed by atoms with Crippen LogP contribution in [0.3, 0.4) is 0 Å². The van der Waals surface area contributed by atoms with Gasteiger partial charge in [-0.3, -0.25) is 0 Å². The Kier molecular flexibility index (Phi) is 8.65. The van der Waals surface area contributed by atoms with Crippen LogP contribution in [0.25, 0.3) is 0 Å². The maximum atomic E-state index is 10.6. The van der Waals surface area contributed by atoms with Gasteiger partial charge in [0, 0.05) is 0 Å². The number of nitrogens with zero attached hydrogens (tertiary/aromatic N) is 1. The zero-order valence-corrected chi connectivity index (χ0v) is 14.0. The van der Waals surface area contributed by atoms with Crippen molar-refractivity contribution in [3.63, 3.8) is 0 Å². The molecule has 2 aromatic carbocycles. The van der Waals surface area contributed by atoms with Gasteiger partial charge in [0.2, 0.25) is 0 Å². The predicted octanol–water partition coefficient (Wildman–Crippen LogP) is 3.45. The first-order chi connectivity index (χ1) is 11.0. The molecule has 1 N–H and O–H groups in total. The molecule has 0 aromatic heterocycles. The van der Waals surface area contributed by atoms with E-state index >= 15 is 0 Å². The molecule has 0 amide bonds. The van der Waals surface area contributed by atoms with Gasteiger partial charge >= 0.3 is 5.97 Å². The van der Waals surface area contributed by atoms with E-state index in [1.165, 1.54) is 0 Å². The number of ether oxygens (including phenoxy) is 1. The lowest BCUT2D eigenvalue weighted by molar-refractivity contribution is -0.143. The molecule has 0 unspecified atom stereocenters. The summed E-state index contributed by atoms with van der Waals surface area (Å²) < 4.78 is 5.48. The summed E-state index contributed by atoms with van der Waals surface area (Å²) in [6.07, 6.45) is -0.344. The van der Waals surface area contributed by atoms with Crippen molar-refractivity contribution < 1.29 is 14.6 Å². The fourth-order valence-corrected chi connectivity index (χ4v) is 1.80. The van der Waals surface area contributed by atoms with Crippen molar-refractivity contribution >= 4 is 5.97 Å². The highest BCUT2D eigenvalue weighted by atomic mass is 16.5. The normalized spacial score (nSPS) is 10.3. The summed E-state index contributed by atoms with van der Waals surface area (Å²) in [6.45, 7) is 2.95. The molecule has 0 bridgehead atoms. The molecule has 4 nitrogen and oxygen atoms in total. The molecule has 0 spiro atoms. The van der Waals surface area contributed by atoms with E-state index < -0.39 is 5.97 Å². The van der Waals surface area contributed by atoms with E-state index in [0.29, 0.717) is 0 Å². The Morgan fingerprint density at radius 3 is 1.70 bits per heavy atom. The third-order valence-corrected chi connectivity index (χ3v) is 3.21. The maximum absolute atomic E-state index is 10.6. The SMILES string of the molecule is CCN(C)C.O=C(O)COC(c1ccccc1)c1ccccc1. The number of benzene rings is 2. The van der Waals surface area contributed by atoms with Gasteiger partial charge in [-0.05, 0) is 31.8 Å². The Morgan fingerprint density at radius 1 is 1.00 bits per heavy atom. The first kappa shape index (κ1) is 18.9. The Balaban J connectivity index is 0.000000463. The molecule has 4 heteroatoms. The molecule has 0 saturated carbocycles. The lowest BCUT2D eigenvalue weighted by atomic mass is 10.0. The van der Waals surface area contributed by atoms with Crippen LogP contribution < -0.4 is 0 Å². The number of carboxylic acids is 1. The number of rotatable bonds is 6. The van der Waals surface area contributed by atoms with Crippen molar-refractivity contribution in [2.75, 3.05) is 27.2 Å². The Hall–Kier alpha value is -2.17. The summed E-state index contributed by atoms with van der Waals surface area (Å²) in [6, 6.07) is 19.2. The van der Waals surface area contributed by atoms with Crippen molar-refractivity contribution in [1.82, 2.24) is 4.90 Å². The Morgan fingerprint density at radius 2 is 1.39 bits per heavy atom. The zero-order valence-electron chi connectivity index (χ0n) is 14.0. The number of carbonyl (C=O) groups is 1. The average Bonchev–Trinajstić information content (AvgIpc) is 2.57. The van der Waals surface area contributed by atoms with Gasteiger partial charge in [0.1, 0.15) is 12.7 Å². The van der Waals surface area contributed by atoms with E-state index in [0.717, 1.165) is 17.7 Å². The summed E-state index contributed by atoms with van der Waals surface area (Å²) in [5.41, 5.74) is 1.90. The monoisotopic (exact) mass is 315 g/mol. The second kappa shape index (κ2) is 10.5. The molecular weight excluding hydrogens is 290 g/mol. The quantitative estimate of drug-likeness (QED) is 0.887. The molecule has 0 heterocycles. The van der Waals surface area contributed by atoms with Gasteiger partial charge in [0.05, 0.1) is 0 Å². The average molecular weight is 315 g/mol. The van der Waals surface area contributed by atoms with Crippen molar-refractivity contribution in [3.8, 4) is 0 Å². The molecule has 23 heavy (non-hydrogen) atoms. The van der Waals surface area contributed by atoms with Crippen LogP contribution in [0.4, 0.5) is 0 Å². The summed E-state index contributed by atoms with van der Waals surface area (Å²) in [5.74, 6) is -0.966. The second-order valence-corrected chi connectivity index (χ2v) is 5.30. The number of carboxylic acid groups (broad SMARTS) is 1. The van der Waals surface area contributed by atoms with Gasteiger partial charge < -0.3 is 14.7 Å². The highest BCUT2D eigenvalue weighted by Crippen LogP contribution is 2.25. The third kappa shape index (κ3) is 7.58. The molecule has 2 aromatic rings. The van der Waals surface area contributed by atoms with Crippen LogP contribution in [-0.2, 0) is 9.53 Å². The molecule has 0 atom stereocenters. The third-order valence-electron chi connectivity index (χ3n) is 3.21. The molecule has 0 aliphatic heterocycles. The van der Waals surface area contributed by atoms with Crippen LogP contribution in [0.2, 0.25) is 0 Å². The molecule has 0 radical (unpaired) electrons. The van der Waals surface area contributed by atoms with Crippen LogP contribution in [0, 0.1) is 0 Å². The molecule has 0 saturated heterocycles. The molecular formula is C19H25NO3. The summed E-state index contributed by atoms with van der Waals surface area (Å²) >= 11 is 0. The minimum absolute atomic E-state index is 0.311. The van der Waals surface area contributed by atoms with Gasteiger partial charge in [0.25, 0.3) is 0 Å². The fraction of sp³-hybridized carbons (Fsp3) is 0.316. The van der Waals surface area contributed by atoms with Gasteiger partial charge in [0.15, 0.2) is 0 Å². The summed E-state index contributed by atoms with van der Waals surface area (Å²) in [5, 5.41) is 8.73. The van der Waals surface area contributed by atoms with Crippen LogP contribution in [-0.4, -0.2) is 43.2 Å². The minimum atomic E-state index is -0.966. The summed E-state index contributed by atoms with van der Waals surface area (Å²) in [7, 11) is 4.11. The first-order valence-electron chi connectivity index (χ1n) is 7.62. The second-order valence-electron chi connectivity index (χ2n) is 5.30. The van der Waals surface area contributed by atoms with Crippen molar-refractivity contribution in [2.24, 2.45) is 0 Å². The topological polar surface area (TPSA) is 49.8 Å². The van der Waals surface area contributed by atoms with Gasteiger partial charge in [-0.1, -0.05) is 67.6 Å². The first-order valence-corrected chi connectivity index (χ1v) is 7.62. The minimum Gasteiger partial charge on any atom is -0.480 e. The molecule has 0 aliphatic carbocycles. The van der Waals surface area contributed by atoms with E-state index in [1.807, 2.05) is 60.7 Å². The van der Waals surface area contributed by atoms with Crippen molar-refractivity contribution in [1.29, 1.82) is 0 Å². The standard InChI is InChI=1S/C15H14O3.C4H11N/c16-14(17)11-18-15(12-7-3-1-4-8-12)13-9-5-2-6-10-13;1-4-5(2)3/h1-10,15H,11H2,(H,16,17);4H2,1-3H3. The fourth-order valence-electron chi connectivity index (χ4n) is 1.80. The lowest BCUT2D eigenvalue weighted by Gasteiger charge is -2.17. The largest absolute Gasteiger partial charge is 0.480 e. The molecule has 0 aliphatic rings. The maximum Gasteiger partial charge on any atom is 0.329 e. The summed E-state index contributed by atoms with van der Waals surface area (Å²) in [4.78, 5) is 12.8. The van der Waals surface area contributed by atoms with Crippen molar-refractivity contribution in [2.45, 2.75) is 13.0 Å². The zero-order chi connectivity index (χ0) is 17.1. The number of hydrogen-bond donors (Lipinski definition) is 1. The van der Waals surface area contributed by atoms with Gasteiger partial charge in [-0.15, -0.1) is 0 Å². The van der Waals surface area contributed by atoms with Crippen LogP contribution in [0.5, 0.6) is 0 Å². The number of aliphatic carboxylic acids is 1. The predicted molar refractivity (Wildman–Crippen MR) is 92.5 cm³/mol. The number of hydrogen-bond acceptors (Lipinski definition) is 3. The van der Waals surface area contributed by atoms with Gasteiger partial charge in [-0.25, -0.2) is 4.79 Å². The van der Waals surface area contributed by atoms with E-state index in [2.05, 4.69) is 25.9 Å². The van der Waals surface area contributed by atoms with E-state index in [4.69, 9.17) is 9.84 Å². The van der Waals surface area contributed by atoms with E-state index in [-0.39, 0.29) is 12.7 Å².